The smallest absolute Gasteiger partial charge is 0.162 e. The zero-order valence-corrected chi connectivity index (χ0v) is 7.89. The van der Waals surface area contributed by atoms with Gasteiger partial charge in [-0.15, -0.1) is 0 Å². The molecule has 14 heavy (non-hydrogen) atoms. The number of halogens is 2. The van der Waals surface area contributed by atoms with Crippen molar-refractivity contribution in [2.45, 2.75) is 18.8 Å². The largest absolute Gasteiger partial charge is 0.316 e. The van der Waals surface area contributed by atoms with Gasteiger partial charge in [-0.05, 0) is 36.9 Å². The minimum absolute atomic E-state index is 0.124. The van der Waals surface area contributed by atoms with E-state index in [-0.39, 0.29) is 5.92 Å². The van der Waals surface area contributed by atoms with E-state index in [1.165, 1.54) is 0 Å². The molecule has 1 aromatic carbocycles. The Balaban J connectivity index is 2.26. The van der Waals surface area contributed by atoms with Gasteiger partial charge in [0, 0.05) is 6.54 Å². The van der Waals surface area contributed by atoms with Crippen molar-refractivity contribution in [3.05, 3.63) is 35.4 Å². The number of hydrogen-bond acceptors (Lipinski definition) is 1. The van der Waals surface area contributed by atoms with Crippen LogP contribution in [0.25, 0.3) is 0 Å². The zero-order valence-electron chi connectivity index (χ0n) is 7.89. The average molecular weight is 197 g/mol. The Labute approximate surface area is 82.1 Å². The standard InChI is InChI=1S/C11H13F2N/c12-10-5-1-4-9(11(10)13)8-3-2-6-14-7-8/h1,4-5,8,14H,2-3,6-7H2/t8-/m1/s1. The molecule has 0 unspecified atom stereocenters. The van der Waals surface area contributed by atoms with Crippen LogP contribution in [0.5, 0.6) is 0 Å². The van der Waals surface area contributed by atoms with Crippen LogP contribution < -0.4 is 5.32 Å². The summed E-state index contributed by atoms with van der Waals surface area (Å²) in [7, 11) is 0. The first-order valence-electron chi connectivity index (χ1n) is 4.93. The number of nitrogens with one attached hydrogen (secondary N) is 1. The summed E-state index contributed by atoms with van der Waals surface area (Å²) >= 11 is 0. The minimum atomic E-state index is -0.743. The lowest BCUT2D eigenvalue weighted by atomic mass is 9.91. The quantitative estimate of drug-likeness (QED) is 0.729. The van der Waals surface area contributed by atoms with E-state index in [1.54, 1.807) is 12.1 Å². The van der Waals surface area contributed by atoms with Crippen molar-refractivity contribution in [3.8, 4) is 0 Å². The fraction of sp³-hybridized carbons (Fsp3) is 0.455. The molecule has 1 N–H and O–H groups in total. The van der Waals surface area contributed by atoms with Gasteiger partial charge in [-0.3, -0.25) is 0 Å². The summed E-state index contributed by atoms with van der Waals surface area (Å²) < 4.78 is 26.3. The van der Waals surface area contributed by atoms with Gasteiger partial charge < -0.3 is 5.32 Å². The van der Waals surface area contributed by atoms with Crippen LogP contribution in [0.2, 0.25) is 0 Å². The van der Waals surface area contributed by atoms with Crippen molar-refractivity contribution in [2.24, 2.45) is 0 Å². The fourth-order valence-corrected chi connectivity index (χ4v) is 1.95. The van der Waals surface area contributed by atoms with E-state index in [0.717, 1.165) is 32.0 Å². The van der Waals surface area contributed by atoms with Crippen LogP contribution in [0.1, 0.15) is 24.3 Å². The summed E-state index contributed by atoms with van der Waals surface area (Å²) in [4.78, 5) is 0. The Bertz CT molecular complexity index is 319. The van der Waals surface area contributed by atoms with Gasteiger partial charge >= 0.3 is 0 Å². The minimum Gasteiger partial charge on any atom is -0.316 e. The maximum atomic E-state index is 13.4. The Kier molecular flexibility index (Phi) is 2.77. The molecule has 1 saturated heterocycles. The maximum absolute atomic E-state index is 13.4. The van der Waals surface area contributed by atoms with Crippen LogP contribution in [0.4, 0.5) is 8.78 Å². The van der Waals surface area contributed by atoms with Gasteiger partial charge in [0.25, 0.3) is 0 Å². The molecule has 1 atom stereocenters. The van der Waals surface area contributed by atoms with E-state index >= 15 is 0 Å². The van der Waals surface area contributed by atoms with E-state index in [9.17, 15) is 8.78 Å². The SMILES string of the molecule is Fc1cccc([C@@H]2CCCNC2)c1F. The third-order valence-electron chi connectivity index (χ3n) is 2.72. The third-order valence-corrected chi connectivity index (χ3v) is 2.72. The predicted octanol–water partition coefficient (Wildman–Crippen LogP) is 2.43. The van der Waals surface area contributed by atoms with Crippen LogP contribution in [0.3, 0.4) is 0 Å². The Morgan fingerprint density at radius 2 is 2.14 bits per heavy atom. The second-order valence-corrected chi connectivity index (χ2v) is 3.69. The second-order valence-electron chi connectivity index (χ2n) is 3.69. The van der Waals surface area contributed by atoms with Gasteiger partial charge in [-0.2, -0.15) is 0 Å². The molecule has 0 saturated carbocycles. The Morgan fingerprint density at radius 1 is 1.29 bits per heavy atom. The molecule has 1 nitrogen and oxygen atoms in total. The molecule has 0 amide bonds. The highest BCUT2D eigenvalue weighted by molar-refractivity contribution is 5.23. The van der Waals surface area contributed by atoms with Crippen LogP contribution >= 0.6 is 0 Å². The van der Waals surface area contributed by atoms with Gasteiger partial charge in [-0.1, -0.05) is 12.1 Å². The third kappa shape index (κ3) is 1.77. The summed E-state index contributed by atoms with van der Waals surface area (Å²) in [5.74, 6) is -1.30. The summed E-state index contributed by atoms with van der Waals surface area (Å²) in [6.45, 7) is 1.73. The first kappa shape index (κ1) is 9.59. The van der Waals surface area contributed by atoms with Crippen molar-refractivity contribution in [3.63, 3.8) is 0 Å². The molecular weight excluding hydrogens is 184 g/mol. The van der Waals surface area contributed by atoms with Gasteiger partial charge in [-0.25, -0.2) is 8.78 Å². The molecule has 1 aliphatic heterocycles. The van der Waals surface area contributed by atoms with Crippen LogP contribution in [0.15, 0.2) is 18.2 Å². The highest BCUT2D eigenvalue weighted by Crippen LogP contribution is 2.26. The molecule has 1 aromatic rings. The predicted molar refractivity (Wildman–Crippen MR) is 51.2 cm³/mol. The van der Waals surface area contributed by atoms with E-state index in [2.05, 4.69) is 5.32 Å². The zero-order chi connectivity index (χ0) is 9.97. The Hall–Kier alpha value is -0.960. The first-order chi connectivity index (χ1) is 6.79. The van der Waals surface area contributed by atoms with Crippen molar-refractivity contribution < 1.29 is 8.78 Å². The van der Waals surface area contributed by atoms with Gasteiger partial charge in [0.1, 0.15) is 0 Å². The lowest BCUT2D eigenvalue weighted by Gasteiger charge is -2.23. The first-order valence-corrected chi connectivity index (χ1v) is 4.93. The molecule has 0 bridgehead atoms. The number of hydrogen-bond donors (Lipinski definition) is 1. The fourth-order valence-electron chi connectivity index (χ4n) is 1.95. The molecule has 2 rings (SSSR count). The van der Waals surface area contributed by atoms with Crippen LogP contribution in [0, 0.1) is 11.6 Å². The highest BCUT2D eigenvalue weighted by atomic mass is 19.2. The molecule has 1 heterocycles. The average Bonchev–Trinajstić information content (AvgIpc) is 2.23. The van der Waals surface area contributed by atoms with E-state index < -0.39 is 11.6 Å². The molecule has 0 radical (unpaired) electrons. The number of piperidine rings is 1. The molecule has 76 valence electrons. The monoisotopic (exact) mass is 197 g/mol. The van der Waals surface area contributed by atoms with E-state index in [0.29, 0.717) is 5.56 Å². The van der Waals surface area contributed by atoms with Crippen LogP contribution in [-0.4, -0.2) is 13.1 Å². The number of rotatable bonds is 1. The normalized spacial score (nSPS) is 22.3. The summed E-state index contributed by atoms with van der Waals surface area (Å²) in [6.07, 6.45) is 1.97. The molecule has 1 fully saturated rings. The molecule has 1 aliphatic rings. The highest BCUT2D eigenvalue weighted by Gasteiger charge is 2.19. The van der Waals surface area contributed by atoms with Crippen molar-refractivity contribution in [1.82, 2.24) is 5.32 Å². The topological polar surface area (TPSA) is 12.0 Å². The molecule has 0 aliphatic carbocycles. The maximum Gasteiger partial charge on any atom is 0.162 e. The van der Waals surface area contributed by atoms with Crippen LogP contribution in [-0.2, 0) is 0 Å². The molecule has 0 aromatic heterocycles. The Morgan fingerprint density at radius 3 is 2.86 bits per heavy atom. The van der Waals surface area contributed by atoms with E-state index in [1.807, 2.05) is 0 Å². The van der Waals surface area contributed by atoms with Crippen molar-refractivity contribution in [1.29, 1.82) is 0 Å². The van der Waals surface area contributed by atoms with Crippen molar-refractivity contribution >= 4 is 0 Å². The second kappa shape index (κ2) is 4.05. The molecular formula is C11H13F2N. The lowest BCUT2D eigenvalue weighted by Crippen LogP contribution is -2.28. The summed E-state index contributed by atoms with van der Waals surface area (Å²) in [5.41, 5.74) is 0.511. The van der Waals surface area contributed by atoms with Gasteiger partial charge in [0.05, 0.1) is 0 Å². The van der Waals surface area contributed by atoms with Crippen molar-refractivity contribution in [2.75, 3.05) is 13.1 Å². The number of benzene rings is 1. The summed E-state index contributed by atoms with van der Waals surface area (Å²) in [5, 5.41) is 3.19. The molecule has 0 spiro atoms. The van der Waals surface area contributed by atoms with Gasteiger partial charge in [0.2, 0.25) is 0 Å². The summed E-state index contributed by atoms with van der Waals surface area (Å²) in [6, 6.07) is 4.41. The van der Waals surface area contributed by atoms with Gasteiger partial charge in [0.15, 0.2) is 11.6 Å². The van der Waals surface area contributed by atoms with E-state index in [4.69, 9.17) is 0 Å². The molecule has 3 heteroatoms. The lowest BCUT2D eigenvalue weighted by molar-refractivity contribution is 0.431.